The number of allylic oxidation sites excluding steroid dienone is 2. The zero-order valence-corrected chi connectivity index (χ0v) is 20.9. The molecule has 180 valence electrons. The Morgan fingerprint density at radius 3 is 1.76 bits per heavy atom. The van der Waals surface area contributed by atoms with Crippen molar-refractivity contribution in [2.45, 2.75) is 59.0 Å². The van der Waals surface area contributed by atoms with Gasteiger partial charge >= 0.3 is 0 Å². The van der Waals surface area contributed by atoms with Gasteiger partial charge in [-0.05, 0) is 52.6 Å². The Balaban J connectivity index is 2.37. The molecule has 0 saturated heterocycles. The number of aliphatic hydroxyl groups is 2. The lowest BCUT2D eigenvalue weighted by Crippen LogP contribution is -2.32. The first-order valence-electron chi connectivity index (χ1n) is 11.6. The maximum atomic E-state index is 10.4. The minimum atomic E-state index is -0.556. The molecule has 0 aromatic heterocycles. The fraction of sp³-hybridized carbons (Fsp3) is 0.448. The molecule has 2 N–H and O–H groups in total. The van der Waals surface area contributed by atoms with Gasteiger partial charge in [-0.2, -0.15) is 0 Å². The highest BCUT2D eigenvalue weighted by Gasteiger charge is 2.26. The van der Waals surface area contributed by atoms with Crippen LogP contribution in [0.25, 0.3) is 0 Å². The molecule has 0 heterocycles. The average molecular weight is 453 g/mol. The van der Waals surface area contributed by atoms with Gasteiger partial charge in [-0.25, -0.2) is 0 Å². The van der Waals surface area contributed by atoms with Crippen LogP contribution in [0.15, 0.2) is 61.7 Å². The van der Waals surface area contributed by atoms with Gasteiger partial charge in [0.15, 0.2) is 0 Å². The number of benzene rings is 2. The van der Waals surface area contributed by atoms with Crippen molar-refractivity contribution in [1.29, 1.82) is 0 Å². The molecule has 0 aliphatic heterocycles. The van der Waals surface area contributed by atoms with Crippen LogP contribution in [0, 0.1) is 5.41 Å². The van der Waals surface area contributed by atoms with Gasteiger partial charge in [-0.15, -0.1) is 13.2 Å². The van der Waals surface area contributed by atoms with E-state index in [1.54, 1.807) is 0 Å². The van der Waals surface area contributed by atoms with Crippen molar-refractivity contribution in [2.75, 3.05) is 19.8 Å². The minimum Gasteiger partial charge on any atom is -0.491 e. The van der Waals surface area contributed by atoms with Crippen LogP contribution in [0.1, 0.15) is 56.9 Å². The van der Waals surface area contributed by atoms with Gasteiger partial charge in [-0.1, -0.05) is 71.0 Å². The van der Waals surface area contributed by atoms with Crippen LogP contribution >= 0.6 is 0 Å². The summed E-state index contributed by atoms with van der Waals surface area (Å²) in [6.45, 7) is 18.7. The summed E-state index contributed by atoms with van der Waals surface area (Å²) in [6.07, 6.45) is 4.54. The fourth-order valence-corrected chi connectivity index (χ4v) is 3.59. The van der Waals surface area contributed by atoms with Crippen molar-refractivity contribution < 1.29 is 19.7 Å². The molecule has 0 saturated carbocycles. The highest BCUT2D eigenvalue weighted by atomic mass is 16.5. The lowest BCUT2D eigenvalue weighted by atomic mass is 9.76. The summed E-state index contributed by atoms with van der Waals surface area (Å²) in [7, 11) is 0. The van der Waals surface area contributed by atoms with E-state index in [1.165, 1.54) is 0 Å². The predicted octanol–water partition coefficient (Wildman–Crippen LogP) is 5.63. The Morgan fingerprint density at radius 2 is 1.33 bits per heavy atom. The third-order valence-corrected chi connectivity index (χ3v) is 6.04. The summed E-state index contributed by atoms with van der Waals surface area (Å²) in [5.41, 5.74) is 3.92. The highest BCUT2D eigenvalue weighted by Crippen LogP contribution is 2.37. The maximum absolute atomic E-state index is 10.4. The minimum absolute atomic E-state index is 0.0198. The summed E-state index contributed by atoms with van der Waals surface area (Å²) in [6, 6.07) is 12.5. The molecule has 2 aromatic rings. The molecule has 4 nitrogen and oxygen atoms in total. The normalized spacial score (nSPS) is 12.8. The highest BCUT2D eigenvalue weighted by molar-refractivity contribution is 5.48. The molecular formula is C29H40O4. The molecule has 2 aromatic carbocycles. The second-order valence-corrected chi connectivity index (χ2v) is 10.0. The standard InChI is InChI=1S/C29H40O4/c1-8-10-21-18-23(12-14-25(21)32-17-16-30)29(6,7)24-13-15-26(22(19-24)11-9-2)33-20-27(31)28(3,4)5/h8-9,12-15,18-19,27,30-31H,1-2,10-11,16-17,20H2,3-7H3. The Kier molecular flexibility index (Phi) is 9.33. The van der Waals surface area contributed by atoms with Gasteiger partial charge < -0.3 is 19.7 Å². The molecule has 2 rings (SSSR count). The molecule has 0 aliphatic rings. The molecule has 0 fully saturated rings. The SMILES string of the molecule is C=CCc1cc(C(C)(C)c2ccc(OCC(O)C(C)(C)C)c(CC=C)c2)ccc1OCCO. The zero-order valence-electron chi connectivity index (χ0n) is 20.9. The Bertz CT molecular complexity index is 937. The Labute approximate surface area is 199 Å². The molecule has 4 heteroatoms. The van der Waals surface area contributed by atoms with Crippen molar-refractivity contribution in [3.63, 3.8) is 0 Å². The first-order valence-corrected chi connectivity index (χ1v) is 11.6. The van der Waals surface area contributed by atoms with Crippen LogP contribution < -0.4 is 9.47 Å². The summed E-state index contributed by atoms with van der Waals surface area (Å²) in [5, 5.41) is 19.5. The number of hydrogen-bond acceptors (Lipinski definition) is 4. The van der Waals surface area contributed by atoms with E-state index in [4.69, 9.17) is 14.6 Å². The maximum Gasteiger partial charge on any atom is 0.122 e. The van der Waals surface area contributed by atoms with Gasteiger partial charge in [0.25, 0.3) is 0 Å². The number of hydrogen-bond donors (Lipinski definition) is 2. The van der Waals surface area contributed by atoms with Gasteiger partial charge in [-0.3, -0.25) is 0 Å². The second-order valence-electron chi connectivity index (χ2n) is 10.0. The molecule has 0 radical (unpaired) electrons. The smallest absolute Gasteiger partial charge is 0.122 e. The van der Waals surface area contributed by atoms with Gasteiger partial charge in [0.1, 0.15) is 24.7 Å². The molecule has 1 unspecified atom stereocenters. The van der Waals surface area contributed by atoms with Crippen molar-refractivity contribution in [3.05, 3.63) is 84.0 Å². The molecular weight excluding hydrogens is 412 g/mol. The van der Waals surface area contributed by atoms with Crippen LogP contribution in [0.5, 0.6) is 11.5 Å². The zero-order chi connectivity index (χ0) is 24.6. The third-order valence-electron chi connectivity index (χ3n) is 6.04. The van der Waals surface area contributed by atoms with E-state index in [-0.39, 0.29) is 30.7 Å². The van der Waals surface area contributed by atoms with Crippen LogP contribution in [0.2, 0.25) is 0 Å². The van der Waals surface area contributed by atoms with Crippen molar-refractivity contribution in [1.82, 2.24) is 0 Å². The Morgan fingerprint density at radius 1 is 0.848 bits per heavy atom. The van der Waals surface area contributed by atoms with Crippen molar-refractivity contribution in [2.24, 2.45) is 5.41 Å². The van der Waals surface area contributed by atoms with Crippen LogP contribution in [0.3, 0.4) is 0 Å². The van der Waals surface area contributed by atoms with E-state index in [9.17, 15) is 5.11 Å². The first kappa shape index (κ1) is 26.7. The summed E-state index contributed by atoms with van der Waals surface area (Å²) in [5.74, 6) is 1.55. The van der Waals surface area contributed by atoms with Crippen LogP contribution in [0.4, 0.5) is 0 Å². The predicted molar refractivity (Wildman–Crippen MR) is 136 cm³/mol. The third kappa shape index (κ3) is 6.96. The summed E-state index contributed by atoms with van der Waals surface area (Å²) >= 11 is 0. The first-order chi connectivity index (χ1) is 15.5. The van der Waals surface area contributed by atoms with Gasteiger partial charge in [0.05, 0.1) is 12.7 Å². The molecule has 0 spiro atoms. The number of aliphatic hydroxyl groups excluding tert-OH is 2. The molecule has 0 amide bonds. The van der Waals surface area contributed by atoms with Crippen molar-refractivity contribution in [3.8, 4) is 11.5 Å². The van der Waals surface area contributed by atoms with Gasteiger partial charge in [0, 0.05) is 5.41 Å². The Hall–Kier alpha value is -2.56. The van der Waals surface area contributed by atoms with E-state index >= 15 is 0 Å². The topological polar surface area (TPSA) is 58.9 Å². The van der Waals surface area contributed by atoms with E-state index in [1.807, 2.05) is 45.1 Å². The second kappa shape index (κ2) is 11.5. The lowest BCUT2D eigenvalue weighted by molar-refractivity contribution is 0.0216. The summed E-state index contributed by atoms with van der Waals surface area (Å²) < 4.78 is 11.7. The fourth-order valence-electron chi connectivity index (χ4n) is 3.59. The summed E-state index contributed by atoms with van der Waals surface area (Å²) in [4.78, 5) is 0. The molecule has 0 aliphatic carbocycles. The monoisotopic (exact) mass is 452 g/mol. The van der Waals surface area contributed by atoms with E-state index < -0.39 is 6.10 Å². The molecule has 1 atom stereocenters. The van der Waals surface area contributed by atoms with Crippen LogP contribution in [-0.2, 0) is 18.3 Å². The van der Waals surface area contributed by atoms with E-state index in [0.717, 1.165) is 33.8 Å². The van der Waals surface area contributed by atoms with E-state index in [0.29, 0.717) is 12.8 Å². The van der Waals surface area contributed by atoms with Crippen molar-refractivity contribution >= 4 is 0 Å². The van der Waals surface area contributed by atoms with Gasteiger partial charge in [0.2, 0.25) is 0 Å². The lowest BCUT2D eigenvalue weighted by Gasteiger charge is -2.29. The molecule has 0 bridgehead atoms. The quantitative estimate of drug-likeness (QED) is 0.410. The number of rotatable bonds is 12. The average Bonchev–Trinajstić information content (AvgIpc) is 2.76. The largest absolute Gasteiger partial charge is 0.491 e. The molecule has 33 heavy (non-hydrogen) atoms. The van der Waals surface area contributed by atoms with E-state index in [2.05, 4.69) is 51.3 Å². The van der Waals surface area contributed by atoms with Crippen LogP contribution in [-0.4, -0.2) is 36.1 Å². The number of ether oxygens (including phenoxy) is 2.